The van der Waals surface area contributed by atoms with E-state index in [1.165, 1.54) is 11.1 Å². The van der Waals surface area contributed by atoms with Crippen LogP contribution >= 0.6 is 11.6 Å². The van der Waals surface area contributed by atoms with Gasteiger partial charge >= 0.3 is 0 Å². The molecule has 3 heteroatoms. The number of carbonyl (C=O) groups is 1. The maximum atomic E-state index is 11.1. The van der Waals surface area contributed by atoms with Crippen molar-refractivity contribution in [2.75, 3.05) is 6.54 Å². The zero-order valence-electron chi connectivity index (χ0n) is 9.66. The lowest BCUT2D eigenvalue weighted by Gasteiger charge is -2.32. The Morgan fingerprint density at radius 3 is 2.75 bits per heavy atom. The summed E-state index contributed by atoms with van der Waals surface area (Å²) in [7, 11) is 0. The average molecular weight is 238 g/mol. The number of hydrogen-bond donors (Lipinski definition) is 0. The van der Waals surface area contributed by atoms with Crippen molar-refractivity contribution in [1.29, 1.82) is 0 Å². The van der Waals surface area contributed by atoms with Gasteiger partial charge in [-0.15, -0.1) is 0 Å². The van der Waals surface area contributed by atoms with E-state index < -0.39 is 0 Å². The summed E-state index contributed by atoms with van der Waals surface area (Å²) in [5.41, 5.74) is 3.20. The Labute approximate surface area is 101 Å². The van der Waals surface area contributed by atoms with E-state index in [0.717, 1.165) is 19.5 Å². The fourth-order valence-electron chi connectivity index (χ4n) is 2.14. The summed E-state index contributed by atoms with van der Waals surface area (Å²) in [6.07, 6.45) is 1.01. The van der Waals surface area contributed by atoms with E-state index in [-0.39, 0.29) is 5.24 Å². The highest BCUT2D eigenvalue weighted by atomic mass is 35.5. The first-order chi connectivity index (χ1) is 7.58. The lowest BCUT2D eigenvalue weighted by atomic mass is 9.97. The van der Waals surface area contributed by atoms with Crippen molar-refractivity contribution in [2.24, 2.45) is 0 Å². The van der Waals surface area contributed by atoms with Crippen molar-refractivity contribution in [3.8, 4) is 0 Å². The molecule has 0 unspecified atom stereocenters. The molecule has 1 aliphatic heterocycles. The molecule has 2 nitrogen and oxygen atoms in total. The third kappa shape index (κ3) is 2.28. The molecule has 1 aromatic rings. The first-order valence-corrected chi connectivity index (χ1v) is 6.01. The van der Waals surface area contributed by atoms with Crippen molar-refractivity contribution < 1.29 is 4.79 Å². The van der Waals surface area contributed by atoms with Gasteiger partial charge in [0.2, 0.25) is 0 Å². The van der Waals surface area contributed by atoms with Gasteiger partial charge in [-0.25, -0.2) is 0 Å². The van der Waals surface area contributed by atoms with Crippen LogP contribution in [0.2, 0.25) is 0 Å². The number of nitrogens with zero attached hydrogens (tertiary/aromatic N) is 1. The zero-order chi connectivity index (χ0) is 11.7. The Hall–Kier alpha value is -0.860. The molecule has 1 aliphatic rings. The van der Waals surface area contributed by atoms with Gasteiger partial charge in [0.1, 0.15) is 0 Å². The smallest absolute Gasteiger partial charge is 0.252 e. The topological polar surface area (TPSA) is 20.3 Å². The van der Waals surface area contributed by atoms with E-state index in [2.05, 4.69) is 18.7 Å². The molecule has 0 bridgehead atoms. The second-order valence-electron chi connectivity index (χ2n) is 4.57. The van der Waals surface area contributed by atoms with Crippen LogP contribution in [-0.4, -0.2) is 22.7 Å². The van der Waals surface area contributed by atoms with Gasteiger partial charge in [-0.1, -0.05) is 6.07 Å². The van der Waals surface area contributed by atoms with Gasteiger partial charge in [0.05, 0.1) is 0 Å². The monoisotopic (exact) mass is 237 g/mol. The van der Waals surface area contributed by atoms with Crippen LogP contribution in [0.15, 0.2) is 18.2 Å². The first-order valence-electron chi connectivity index (χ1n) is 5.63. The lowest BCUT2D eigenvalue weighted by molar-refractivity contribution is 0.108. The van der Waals surface area contributed by atoms with Gasteiger partial charge < -0.3 is 0 Å². The molecule has 2 rings (SSSR count). The Bertz CT molecular complexity index is 414. The maximum absolute atomic E-state index is 11.1. The summed E-state index contributed by atoms with van der Waals surface area (Å²) in [5.74, 6) is 0. The SMILES string of the molecule is CC(C)N1CCc2cc(C(=O)Cl)ccc2C1. The summed E-state index contributed by atoms with van der Waals surface area (Å²) in [6.45, 7) is 6.46. The van der Waals surface area contributed by atoms with Crippen molar-refractivity contribution in [1.82, 2.24) is 4.90 Å². The molecule has 0 saturated carbocycles. The number of fused-ring (bicyclic) bond motifs is 1. The number of halogens is 1. The average Bonchev–Trinajstić information content (AvgIpc) is 2.27. The molecule has 86 valence electrons. The molecule has 0 N–H and O–H groups in total. The van der Waals surface area contributed by atoms with E-state index in [0.29, 0.717) is 11.6 Å². The molecule has 16 heavy (non-hydrogen) atoms. The van der Waals surface area contributed by atoms with E-state index in [1.807, 2.05) is 18.2 Å². The highest BCUT2D eigenvalue weighted by Gasteiger charge is 2.18. The second-order valence-corrected chi connectivity index (χ2v) is 4.91. The maximum Gasteiger partial charge on any atom is 0.252 e. The molecule has 0 spiro atoms. The van der Waals surface area contributed by atoms with Crippen LogP contribution in [0.3, 0.4) is 0 Å². The quantitative estimate of drug-likeness (QED) is 0.738. The van der Waals surface area contributed by atoms with Crippen LogP contribution in [0.5, 0.6) is 0 Å². The van der Waals surface area contributed by atoms with Gasteiger partial charge in [-0.2, -0.15) is 0 Å². The predicted molar refractivity (Wildman–Crippen MR) is 65.9 cm³/mol. The lowest BCUT2D eigenvalue weighted by Crippen LogP contribution is -2.35. The van der Waals surface area contributed by atoms with Crippen molar-refractivity contribution in [2.45, 2.75) is 32.9 Å². The number of carbonyl (C=O) groups excluding carboxylic acids is 1. The molecular weight excluding hydrogens is 222 g/mol. The molecule has 0 aromatic heterocycles. The normalized spacial score (nSPS) is 16.2. The third-order valence-electron chi connectivity index (χ3n) is 3.21. The van der Waals surface area contributed by atoms with Crippen molar-refractivity contribution in [3.05, 3.63) is 34.9 Å². The van der Waals surface area contributed by atoms with Crippen LogP contribution in [0.25, 0.3) is 0 Å². The number of hydrogen-bond acceptors (Lipinski definition) is 2. The molecule has 0 aliphatic carbocycles. The Morgan fingerprint density at radius 2 is 2.12 bits per heavy atom. The molecule has 0 radical (unpaired) electrons. The summed E-state index contributed by atoms with van der Waals surface area (Å²) in [6, 6.07) is 6.35. The molecule has 1 heterocycles. The van der Waals surface area contributed by atoms with Crippen LogP contribution < -0.4 is 0 Å². The predicted octanol–water partition coefficient (Wildman–Crippen LogP) is 2.83. The largest absolute Gasteiger partial charge is 0.296 e. The van der Waals surface area contributed by atoms with E-state index in [4.69, 9.17) is 11.6 Å². The van der Waals surface area contributed by atoms with Gasteiger partial charge in [0.15, 0.2) is 0 Å². The van der Waals surface area contributed by atoms with Crippen molar-refractivity contribution in [3.63, 3.8) is 0 Å². The third-order valence-corrected chi connectivity index (χ3v) is 3.42. The summed E-state index contributed by atoms with van der Waals surface area (Å²) in [5, 5.41) is -0.367. The zero-order valence-corrected chi connectivity index (χ0v) is 10.4. The molecule has 1 aromatic carbocycles. The van der Waals surface area contributed by atoms with Crippen LogP contribution in [0.4, 0.5) is 0 Å². The standard InChI is InChI=1S/C13H16ClNO/c1-9(2)15-6-5-10-7-11(13(14)16)3-4-12(10)8-15/h3-4,7,9H,5-6,8H2,1-2H3. The van der Waals surface area contributed by atoms with E-state index in [1.54, 1.807) is 0 Å². The molecule has 0 saturated heterocycles. The van der Waals surface area contributed by atoms with E-state index in [9.17, 15) is 4.79 Å². The number of benzene rings is 1. The molecular formula is C13H16ClNO. The molecule has 0 amide bonds. The minimum absolute atomic E-state index is 0.367. The minimum Gasteiger partial charge on any atom is -0.296 e. The van der Waals surface area contributed by atoms with Crippen LogP contribution in [-0.2, 0) is 13.0 Å². The van der Waals surface area contributed by atoms with Crippen LogP contribution in [0, 0.1) is 0 Å². The van der Waals surface area contributed by atoms with E-state index >= 15 is 0 Å². The molecule has 0 atom stereocenters. The van der Waals surface area contributed by atoms with Gasteiger partial charge in [0.25, 0.3) is 5.24 Å². The summed E-state index contributed by atoms with van der Waals surface area (Å²) >= 11 is 5.48. The fraction of sp³-hybridized carbons (Fsp3) is 0.462. The van der Waals surface area contributed by atoms with Crippen LogP contribution in [0.1, 0.15) is 35.3 Å². The number of rotatable bonds is 2. The fourth-order valence-corrected chi connectivity index (χ4v) is 2.26. The first kappa shape index (κ1) is 11.6. The second kappa shape index (κ2) is 4.56. The Balaban J connectivity index is 2.25. The summed E-state index contributed by atoms with van der Waals surface area (Å²) < 4.78 is 0. The Morgan fingerprint density at radius 1 is 1.38 bits per heavy atom. The van der Waals surface area contributed by atoms with Gasteiger partial charge in [-0.3, -0.25) is 9.69 Å². The summed E-state index contributed by atoms with van der Waals surface area (Å²) in [4.78, 5) is 13.5. The van der Waals surface area contributed by atoms with Gasteiger partial charge in [0, 0.05) is 24.7 Å². The highest BCUT2D eigenvalue weighted by Crippen LogP contribution is 2.22. The Kier molecular flexibility index (Phi) is 3.31. The van der Waals surface area contributed by atoms with Gasteiger partial charge in [-0.05, 0) is 55.1 Å². The minimum atomic E-state index is -0.367. The highest BCUT2D eigenvalue weighted by molar-refractivity contribution is 6.67. The molecule has 0 fully saturated rings. The van der Waals surface area contributed by atoms with Crippen molar-refractivity contribution >= 4 is 16.8 Å².